The molecule has 29 heavy (non-hydrogen) atoms. The second kappa shape index (κ2) is 6.70. The first-order valence-corrected chi connectivity index (χ1v) is 9.59. The Labute approximate surface area is 166 Å². The summed E-state index contributed by atoms with van der Waals surface area (Å²) in [4.78, 5) is 32.5. The molecule has 3 aromatic rings. The Hall–Kier alpha value is -3.19. The van der Waals surface area contributed by atoms with E-state index < -0.39 is 6.04 Å². The molecule has 5 rings (SSSR count). The highest BCUT2D eigenvalue weighted by atomic mass is 19.1. The number of ether oxygens (including phenoxy) is 1. The summed E-state index contributed by atoms with van der Waals surface area (Å²) in [6.07, 6.45) is 0.840. The highest BCUT2D eigenvalue weighted by molar-refractivity contribution is 6.23. The highest BCUT2D eigenvalue weighted by Gasteiger charge is 2.44. The van der Waals surface area contributed by atoms with E-state index in [0.29, 0.717) is 30.9 Å². The minimum atomic E-state index is -0.510. The number of anilines is 1. The number of benzene rings is 2. The third kappa shape index (κ3) is 2.81. The second-order valence-electron chi connectivity index (χ2n) is 7.45. The Morgan fingerprint density at radius 1 is 1.17 bits per heavy atom. The summed E-state index contributed by atoms with van der Waals surface area (Å²) < 4.78 is 19.0. The van der Waals surface area contributed by atoms with Crippen LogP contribution in [0.2, 0.25) is 0 Å². The molecule has 1 fully saturated rings. The van der Waals surface area contributed by atoms with E-state index in [1.807, 2.05) is 4.90 Å². The van der Waals surface area contributed by atoms with Crippen LogP contribution in [0.15, 0.2) is 42.5 Å². The molecule has 1 N–H and O–H groups in total. The molecule has 0 aliphatic carbocycles. The molecule has 0 spiro atoms. The fourth-order valence-corrected chi connectivity index (χ4v) is 4.47. The highest BCUT2D eigenvalue weighted by Crippen LogP contribution is 2.35. The van der Waals surface area contributed by atoms with E-state index in [4.69, 9.17) is 4.74 Å². The monoisotopic (exact) mass is 393 g/mol. The van der Waals surface area contributed by atoms with E-state index in [0.717, 1.165) is 22.2 Å². The van der Waals surface area contributed by atoms with Crippen LogP contribution in [0.4, 0.5) is 10.1 Å². The minimum Gasteiger partial charge on any atom is -0.495 e. The van der Waals surface area contributed by atoms with Gasteiger partial charge in [-0.05, 0) is 42.3 Å². The number of nitrogens with one attached hydrogen (secondary N) is 1. The first-order valence-electron chi connectivity index (χ1n) is 9.59. The Morgan fingerprint density at radius 3 is 2.83 bits per heavy atom. The quantitative estimate of drug-likeness (QED) is 0.695. The third-order valence-electron chi connectivity index (χ3n) is 5.86. The molecule has 1 atom stereocenters. The summed E-state index contributed by atoms with van der Waals surface area (Å²) in [5, 5.41) is 0.893. The molecule has 3 heterocycles. The summed E-state index contributed by atoms with van der Waals surface area (Å²) in [7, 11) is 1.52. The number of fused-ring (bicyclic) bond motifs is 3. The molecule has 2 aromatic carbocycles. The van der Waals surface area contributed by atoms with Gasteiger partial charge < -0.3 is 9.72 Å². The van der Waals surface area contributed by atoms with Crippen molar-refractivity contribution in [3.63, 3.8) is 0 Å². The predicted molar refractivity (Wildman–Crippen MR) is 106 cm³/mol. The number of H-pyrrole nitrogens is 1. The van der Waals surface area contributed by atoms with Crippen molar-refractivity contribution in [2.45, 2.75) is 25.4 Å². The lowest BCUT2D eigenvalue weighted by Crippen LogP contribution is -2.44. The number of aromatic nitrogens is 1. The number of aromatic amines is 1. The Kier molecular flexibility index (Phi) is 4.13. The molecule has 2 aliphatic heterocycles. The molecule has 0 radical (unpaired) electrons. The SMILES string of the molecule is COc1ccccc1N1C(=O)C[C@H](N2CCc3c([nH]c4ccc(F)cc34)C2)C1=O. The summed E-state index contributed by atoms with van der Waals surface area (Å²) in [5.74, 6) is -0.224. The number of para-hydroxylation sites is 2. The standard InChI is InChI=1S/C22H20FN3O3/c1-29-20-5-3-2-4-18(20)26-21(27)11-19(22(26)28)25-9-8-14-15-10-13(23)6-7-16(15)24-17(14)12-25/h2-7,10,19,24H,8-9,11-12H2,1H3/t19-/m0/s1. The zero-order chi connectivity index (χ0) is 20.1. The molecule has 2 amide bonds. The van der Waals surface area contributed by atoms with Crippen LogP contribution < -0.4 is 9.64 Å². The van der Waals surface area contributed by atoms with Gasteiger partial charge in [0.15, 0.2) is 0 Å². The number of rotatable bonds is 3. The second-order valence-corrected chi connectivity index (χ2v) is 7.45. The molecule has 2 aliphatic rings. The van der Waals surface area contributed by atoms with Crippen molar-refractivity contribution in [3.05, 3.63) is 59.5 Å². The average molecular weight is 393 g/mol. The van der Waals surface area contributed by atoms with Crippen LogP contribution >= 0.6 is 0 Å². The third-order valence-corrected chi connectivity index (χ3v) is 5.86. The largest absolute Gasteiger partial charge is 0.495 e. The molecular formula is C22H20FN3O3. The number of imide groups is 1. The van der Waals surface area contributed by atoms with Crippen LogP contribution in [0, 0.1) is 5.82 Å². The van der Waals surface area contributed by atoms with Crippen LogP contribution in [-0.2, 0) is 22.6 Å². The van der Waals surface area contributed by atoms with E-state index in [2.05, 4.69) is 4.98 Å². The van der Waals surface area contributed by atoms with Crippen molar-refractivity contribution in [2.24, 2.45) is 0 Å². The van der Waals surface area contributed by atoms with Gasteiger partial charge in [0.1, 0.15) is 11.6 Å². The van der Waals surface area contributed by atoms with Crippen LogP contribution in [0.3, 0.4) is 0 Å². The minimum absolute atomic E-state index is 0.140. The van der Waals surface area contributed by atoms with Gasteiger partial charge in [0.25, 0.3) is 5.91 Å². The lowest BCUT2D eigenvalue weighted by Gasteiger charge is -2.30. The maximum absolute atomic E-state index is 13.6. The molecular weight excluding hydrogens is 373 g/mol. The Morgan fingerprint density at radius 2 is 2.00 bits per heavy atom. The van der Waals surface area contributed by atoms with Crippen molar-refractivity contribution in [3.8, 4) is 5.75 Å². The van der Waals surface area contributed by atoms with Gasteiger partial charge >= 0.3 is 0 Å². The summed E-state index contributed by atoms with van der Waals surface area (Å²) in [5.41, 5.74) is 3.44. The topological polar surface area (TPSA) is 65.6 Å². The number of nitrogens with zero attached hydrogens (tertiary/aromatic N) is 2. The van der Waals surface area contributed by atoms with Gasteiger partial charge in [0.05, 0.1) is 25.3 Å². The summed E-state index contributed by atoms with van der Waals surface area (Å²) in [6.45, 7) is 1.16. The maximum Gasteiger partial charge on any atom is 0.251 e. The fraction of sp³-hybridized carbons (Fsp3) is 0.273. The van der Waals surface area contributed by atoms with Gasteiger partial charge in [-0.2, -0.15) is 0 Å². The zero-order valence-electron chi connectivity index (χ0n) is 15.9. The number of halogens is 1. The number of carbonyl (C=O) groups excluding carboxylic acids is 2. The molecule has 6 nitrogen and oxygen atoms in total. The first kappa shape index (κ1) is 17.9. The number of hydrogen-bond acceptors (Lipinski definition) is 4. The Bertz CT molecular complexity index is 1140. The van der Waals surface area contributed by atoms with Crippen LogP contribution in [0.1, 0.15) is 17.7 Å². The van der Waals surface area contributed by atoms with Gasteiger partial charge in [-0.3, -0.25) is 14.5 Å². The first-order chi connectivity index (χ1) is 14.1. The number of amides is 2. The molecule has 1 aromatic heterocycles. The van der Waals surface area contributed by atoms with E-state index in [9.17, 15) is 14.0 Å². The number of methoxy groups -OCH3 is 1. The number of hydrogen-bond donors (Lipinski definition) is 1. The number of carbonyl (C=O) groups is 2. The van der Waals surface area contributed by atoms with Crippen molar-refractivity contribution < 1.29 is 18.7 Å². The summed E-state index contributed by atoms with van der Waals surface area (Å²) >= 11 is 0. The lowest BCUT2D eigenvalue weighted by atomic mass is 10.0. The van der Waals surface area contributed by atoms with Gasteiger partial charge in [0, 0.05) is 29.7 Å². The fourth-order valence-electron chi connectivity index (χ4n) is 4.47. The van der Waals surface area contributed by atoms with Gasteiger partial charge in [-0.1, -0.05) is 12.1 Å². The van der Waals surface area contributed by atoms with Crippen LogP contribution in [-0.4, -0.2) is 41.4 Å². The molecule has 1 saturated heterocycles. The maximum atomic E-state index is 13.6. The molecule has 7 heteroatoms. The van der Waals surface area contributed by atoms with Crippen LogP contribution in [0.5, 0.6) is 5.75 Å². The Balaban J connectivity index is 1.43. The van der Waals surface area contributed by atoms with Crippen molar-refractivity contribution in [1.82, 2.24) is 9.88 Å². The molecule has 0 unspecified atom stereocenters. The zero-order valence-corrected chi connectivity index (χ0v) is 15.9. The smallest absolute Gasteiger partial charge is 0.251 e. The van der Waals surface area contributed by atoms with Gasteiger partial charge in [-0.15, -0.1) is 0 Å². The normalized spacial score (nSPS) is 19.8. The van der Waals surface area contributed by atoms with Crippen molar-refractivity contribution in [2.75, 3.05) is 18.6 Å². The van der Waals surface area contributed by atoms with Crippen molar-refractivity contribution >= 4 is 28.4 Å². The van der Waals surface area contributed by atoms with E-state index >= 15 is 0 Å². The molecule has 0 saturated carbocycles. The van der Waals surface area contributed by atoms with E-state index in [-0.39, 0.29) is 24.1 Å². The molecule has 0 bridgehead atoms. The molecule has 148 valence electrons. The van der Waals surface area contributed by atoms with E-state index in [1.165, 1.54) is 18.1 Å². The lowest BCUT2D eigenvalue weighted by molar-refractivity contribution is -0.123. The average Bonchev–Trinajstić information content (AvgIpc) is 3.23. The van der Waals surface area contributed by atoms with Crippen molar-refractivity contribution in [1.29, 1.82) is 0 Å². The predicted octanol–water partition coefficient (Wildman–Crippen LogP) is 3.01. The van der Waals surface area contributed by atoms with Gasteiger partial charge in [0.2, 0.25) is 5.91 Å². The van der Waals surface area contributed by atoms with E-state index in [1.54, 1.807) is 36.4 Å². The summed E-state index contributed by atoms with van der Waals surface area (Å²) in [6, 6.07) is 11.3. The van der Waals surface area contributed by atoms with Crippen LogP contribution in [0.25, 0.3) is 10.9 Å². The van der Waals surface area contributed by atoms with Gasteiger partial charge in [-0.25, -0.2) is 9.29 Å².